The van der Waals surface area contributed by atoms with Gasteiger partial charge in [0.2, 0.25) is 11.8 Å². The maximum atomic E-state index is 12.4. The molecule has 1 aromatic heterocycles. The lowest BCUT2D eigenvalue weighted by Crippen LogP contribution is -2.45. The molecule has 0 bridgehead atoms. The molecule has 3 N–H and O–H groups in total. The smallest absolute Gasteiger partial charge is 0.242 e. The summed E-state index contributed by atoms with van der Waals surface area (Å²) in [6.45, 7) is 2.49. The normalized spacial score (nSPS) is 21.6. The predicted molar refractivity (Wildman–Crippen MR) is 84.4 cm³/mol. The highest BCUT2D eigenvalue weighted by molar-refractivity contribution is 8.00. The van der Waals surface area contributed by atoms with Gasteiger partial charge in [-0.25, -0.2) is 4.98 Å². The fourth-order valence-corrected chi connectivity index (χ4v) is 4.12. The highest BCUT2D eigenvalue weighted by Gasteiger charge is 2.37. The second-order valence-corrected chi connectivity index (χ2v) is 7.26. The standard InChI is InChI=1S/C13H20N4O2S2/c1-3-20-13-16-9(7-21-13)5-11(18)17-6-8(14)4-10(17)12(19)15-2/h7-8,10H,3-6,14H2,1-2H3,(H,15,19)/t8-,10-/m0/s1. The molecular formula is C13H20N4O2S2. The summed E-state index contributed by atoms with van der Waals surface area (Å²) in [5.74, 6) is 0.715. The van der Waals surface area contributed by atoms with Crippen LogP contribution in [0.2, 0.25) is 0 Å². The first kappa shape index (κ1) is 16.3. The molecule has 0 radical (unpaired) electrons. The first-order valence-corrected chi connectivity index (χ1v) is 8.75. The van der Waals surface area contributed by atoms with Crippen molar-refractivity contribution in [3.8, 4) is 0 Å². The quantitative estimate of drug-likeness (QED) is 0.767. The third-order valence-corrected chi connectivity index (χ3v) is 5.29. The van der Waals surface area contributed by atoms with Crippen LogP contribution in [0.5, 0.6) is 0 Å². The number of carbonyl (C=O) groups is 2. The Morgan fingerprint density at radius 1 is 1.62 bits per heavy atom. The monoisotopic (exact) mass is 328 g/mol. The van der Waals surface area contributed by atoms with Gasteiger partial charge in [-0.1, -0.05) is 18.7 Å². The van der Waals surface area contributed by atoms with Gasteiger partial charge < -0.3 is 16.0 Å². The van der Waals surface area contributed by atoms with Crippen molar-refractivity contribution in [3.63, 3.8) is 0 Å². The van der Waals surface area contributed by atoms with E-state index in [2.05, 4.69) is 17.2 Å². The molecule has 1 fully saturated rings. The van der Waals surface area contributed by atoms with E-state index < -0.39 is 6.04 Å². The van der Waals surface area contributed by atoms with Crippen molar-refractivity contribution in [2.24, 2.45) is 5.73 Å². The van der Waals surface area contributed by atoms with Crippen LogP contribution in [0.15, 0.2) is 9.72 Å². The number of likely N-dealkylation sites (N-methyl/N-ethyl adjacent to an activating group) is 1. The maximum absolute atomic E-state index is 12.4. The summed E-state index contributed by atoms with van der Waals surface area (Å²) in [7, 11) is 1.57. The van der Waals surface area contributed by atoms with Gasteiger partial charge in [-0.15, -0.1) is 11.3 Å². The van der Waals surface area contributed by atoms with Crippen LogP contribution in [0.4, 0.5) is 0 Å². The highest BCUT2D eigenvalue weighted by Crippen LogP contribution is 2.23. The number of amides is 2. The Morgan fingerprint density at radius 2 is 2.38 bits per heavy atom. The van der Waals surface area contributed by atoms with E-state index in [9.17, 15) is 9.59 Å². The largest absolute Gasteiger partial charge is 0.357 e. The summed E-state index contributed by atoms with van der Waals surface area (Å²) in [6, 6.07) is -0.599. The molecular weight excluding hydrogens is 308 g/mol. The molecule has 0 aromatic carbocycles. The zero-order chi connectivity index (χ0) is 15.4. The molecule has 1 saturated heterocycles. The van der Waals surface area contributed by atoms with Crippen molar-refractivity contribution in [1.82, 2.24) is 15.2 Å². The van der Waals surface area contributed by atoms with Crippen LogP contribution >= 0.6 is 23.1 Å². The van der Waals surface area contributed by atoms with Crippen LogP contribution in [-0.2, 0) is 16.0 Å². The number of nitrogens with two attached hydrogens (primary N) is 1. The zero-order valence-corrected chi connectivity index (χ0v) is 13.8. The van der Waals surface area contributed by atoms with E-state index in [0.29, 0.717) is 13.0 Å². The Kier molecular flexibility index (Phi) is 5.60. The van der Waals surface area contributed by atoms with E-state index >= 15 is 0 Å². The third-order valence-electron chi connectivity index (χ3n) is 3.33. The van der Waals surface area contributed by atoms with Gasteiger partial charge in [-0.2, -0.15) is 0 Å². The molecule has 0 spiro atoms. The Labute approximate surface area is 132 Å². The van der Waals surface area contributed by atoms with E-state index in [4.69, 9.17) is 5.73 Å². The van der Waals surface area contributed by atoms with Crippen LogP contribution in [0, 0.1) is 0 Å². The Morgan fingerprint density at radius 3 is 3.05 bits per heavy atom. The van der Waals surface area contributed by atoms with Gasteiger partial charge in [0.05, 0.1) is 12.1 Å². The van der Waals surface area contributed by atoms with E-state index in [1.165, 1.54) is 0 Å². The Bertz CT molecular complexity index is 520. The number of aromatic nitrogens is 1. The average Bonchev–Trinajstić information content (AvgIpc) is 3.05. The lowest BCUT2D eigenvalue weighted by molar-refractivity contribution is -0.137. The van der Waals surface area contributed by atoms with Gasteiger partial charge in [0, 0.05) is 25.0 Å². The van der Waals surface area contributed by atoms with E-state index in [0.717, 1.165) is 15.8 Å². The number of nitrogens with zero attached hydrogens (tertiary/aromatic N) is 2. The van der Waals surface area contributed by atoms with Crippen LogP contribution in [0.1, 0.15) is 19.0 Å². The molecule has 2 rings (SSSR count). The minimum Gasteiger partial charge on any atom is -0.357 e. The fraction of sp³-hybridized carbons (Fsp3) is 0.615. The molecule has 1 aliphatic heterocycles. The minimum absolute atomic E-state index is 0.0881. The molecule has 2 atom stereocenters. The van der Waals surface area contributed by atoms with Crippen LogP contribution in [0.3, 0.4) is 0 Å². The first-order valence-electron chi connectivity index (χ1n) is 6.89. The van der Waals surface area contributed by atoms with Crippen molar-refractivity contribution in [2.45, 2.75) is 36.2 Å². The number of carbonyl (C=O) groups excluding carboxylic acids is 2. The van der Waals surface area contributed by atoms with Crippen LogP contribution < -0.4 is 11.1 Å². The summed E-state index contributed by atoms with van der Waals surface area (Å²) in [5.41, 5.74) is 6.65. The second kappa shape index (κ2) is 7.24. The molecule has 116 valence electrons. The summed E-state index contributed by atoms with van der Waals surface area (Å²) >= 11 is 3.21. The van der Waals surface area contributed by atoms with Crippen molar-refractivity contribution >= 4 is 34.9 Å². The van der Waals surface area contributed by atoms with E-state index in [1.807, 2.05) is 5.38 Å². The molecule has 0 aliphatic carbocycles. The van der Waals surface area contributed by atoms with Gasteiger partial charge in [-0.3, -0.25) is 9.59 Å². The second-order valence-electron chi connectivity index (χ2n) is 4.89. The number of hydrogen-bond donors (Lipinski definition) is 2. The molecule has 2 heterocycles. The van der Waals surface area contributed by atoms with Gasteiger partial charge in [0.15, 0.2) is 0 Å². The summed E-state index contributed by atoms with van der Waals surface area (Å²) in [4.78, 5) is 30.2. The predicted octanol–water partition coefficient (Wildman–Crippen LogP) is 0.472. The van der Waals surface area contributed by atoms with Gasteiger partial charge in [0.25, 0.3) is 0 Å². The topological polar surface area (TPSA) is 88.3 Å². The van der Waals surface area contributed by atoms with E-state index in [1.54, 1.807) is 35.0 Å². The minimum atomic E-state index is -0.458. The van der Waals surface area contributed by atoms with Gasteiger partial charge in [-0.05, 0) is 12.2 Å². The van der Waals surface area contributed by atoms with Crippen molar-refractivity contribution in [3.05, 3.63) is 11.1 Å². The molecule has 6 nitrogen and oxygen atoms in total. The molecule has 2 amide bonds. The van der Waals surface area contributed by atoms with E-state index in [-0.39, 0.29) is 24.3 Å². The van der Waals surface area contributed by atoms with Gasteiger partial charge in [0.1, 0.15) is 10.4 Å². The summed E-state index contributed by atoms with van der Waals surface area (Å²) in [5, 5.41) is 4.50. The number of thiazole rings is 1. The Balaban J connectivity index is 2.02. The van der Waals surface area contributed by atoms with Gasteiger partial charge >= 0.3 is 0 Å². The van der Waals surface area contributed by atoms with Crippen molar-refractivity contribution < 1.29 is 9.59 Å². The van der Waals surface area contributed by atoms with Crippen molar-refractivity contribution in [1.29, 1.82) is 0 Å². The molecule has 0 unspecified atom stereocenters. The number of hydrogen-bond acceptors (Lipinski definition) is 6. The summed E-state index contributed by atoms with van der Waals surface area (Å²) in [6.07, 6.45) is 0.737. The highest BCUT2D eigenvalue weighted by atomic mass is 32.2. The fourth-order valence-electron chi connectivity index (χ4n) is 2.38. The summed E-state index contributed by atoms with van der Waals surface area (Å²) < 4.78 is 0.973. The molecule has 8 heteroatoms. The van der Waals surface area contributed by atoms with Crippen LogP contribution in [-0.4, -0.2) is 53.1 Å². The average molecular weight is 328 g/mol. The lowest BCUT2D eigenvalue weighted by atomic mass is 10.1. The lowest BCUT2D eigenvalue weighted by Gasteiger charge is -2.22. The number of likely N-dealkylation sites (tertiary alicyclic amines) is 1. The molecule has 0 saturated carbocycles. The molecule has 21 heavy (non-hydrogen) atoms. The number of rotatable bonds is 5. The SMILES string of the molecule is CCSc1nc(CC(=O)N2C[C@@H](N)C[C@H]2C(=O)NC)cs1. The Hall–Kier alpha value is -1.12. The number of nitrogens with one attached hydrogen (secondary N) is 1. The molecule has 1 aromatic rings. The van der Waals surface area contributed by atoms with Crippen molar-refractivity contribution in [2.75, 3.05) is 19.3 Å². The van der Waals surface area contributed by atoms with Crippen LogP contribution in [0.25, 0.3) is 0 Å². The zero-order valence-electron chi connectivity index (χ0n) is 12.2. The first-order chi connectivity index (χ1) is 10.0. The molecule has 1 aliphatic rings. The third kappa shape index (κ3) is 3.96. The maximum Gasteiger partial charge on any atom is 0.242 e. The number of thioether (sulfide) groups is 1.